The van der Waals surface area contributed by atoms with Crippen molar-refractivity contribution in [3.05, 3.63) is 94.4 Å². The second kappa shape index (κ2) is 7.59. The van der Waals surface area contributed by atoms with Gasteiger partial charge in [0.15, 0.2) is 5.43 Å². The minimum atomic E-state index is -0.494. The van der Waals surface area contributed by atoms with E-state index in [0.717, 1.165) is 11.6 Å². The highest BCUT2D eigenvalue weighted by atomic mass is 19.1. The number of methoxy groups -OCH3 is 1. The van der Waals surface area contributed by atoms with Gasteiger partial charge in [0.2, 0.25) is 0 Å². The van der Waals surface area contributed by atoms with E-state index in [1.807, 2.05) is 0 Å². The molecule has 0 saturated heterocycles. The van der Waals surface area contributed by atoms with Crippen LogP contribution in [0.1, 0.15) is 10.4 Å². The third-order valence-corrected chi connectivity index (χ3v) is 4.45. The molecule has 0 saturated carbocycles. The number of amides is 1. The van der Waals surface area contributed by atoms with Gasteiger partial charge in [0, 0.05) is 28.9 Å². The Labute approximate surface area is 165 Å². The first kappa shape index (κ1) is 18.4. The summed E-state index contributed by atoms with van der Waals surface area (Å²) in [5.74, 6) is 0.141. The van der Waals surface area contributed by atoms with Gasteiger partial charge in [0.1, 0.15) is 22.9 Å². The summed E-state index contributed by atoms with van der Waals surface area (Å²) in [6.07, 6.45) is 0. The summed E-state index contributed by atoms with van der Waals surface area (Å²) in [6, 6.07) is 18.7. The van der Waals surface area contributed by atoms with E-state index in [2.05, 4.69) is 5.32 Å². The number of fused-ring (bicyclic) bond motifs is 1. The molecule has 0 aliphatic heterocycles. The lowest BCUT2D eigenvalue weighted by Gasteiger charge is -2.08. The number of carbonyl (C=O) groups excluding carboxylic acids is 1. The molecule has 3 aromatic carbocycles. The Balaban J connectivity index is 1.68. The average molecular weight is 389 g/mol. The first-order valence-electron chi connectivity index (χ1n) is 8.83. The first-order valence-corrected chi connectivity index (χ1v) is 8.83. The van der Waals surface area contributed by atoms with Crippen molar-refractivity contribution in [3.63, 3.8) is 0 Å². The number of nitrogens with one attached hydrogen (secondary N) is 1. The van der Waals surface area contributed by atoms with Crippen LogP contribution in [0.2, 0.25) is 0 Å². The molecule has 4 aromatic rings. The lowest BCUT2D eigenvalue weighted by molar-refractivity contribution is 0.102. The lowest BCUT2D eigenvalue weighted by atomic mass is 10.1. The van der Waals surface area contributed by atoms with Gasteiger partial charge in [0.05, 0.1) is 12.5 Å². The summed E-state index contributed by atoms with van der Waals surface area (Å²) in [5.41, 5.74) is 1.49. The molecule has 0 unspecified atom stereocenters. The highest BCUT2D eigenvalue weighted by molar-refractivity contribution is 6.05. The molecule has 0 atom stereocenters. The molecule has 1 heterocycles. The number of rotatable bonds is 4. The van der Waals surface area contributed by atoms with Crippen molar-refractivity contribution in [2.75, 3.05) is 12.4 Å². The molecule has 0 spiro atoms. The molecular formula is C23H16FNO4. The zero-order chi connectivity index (χ0) is 20.4. The fourth-order valence-corrected chi connectivity index (χ4v) is 2.96. The highest BCUT2D eigenvalue weighted by Gasteiger charge is 2.11. The fraction of sp³-hybridized carbons (Fsp3) is 0.0435. The Kier molecular flexibility index (Phi) is 4.83. The van der Waals surface area contributed by atoms with Crippen molar-refractivity contribution in [1.29, 1.82) is 0 Å². The van der Waals surface area contributed by atoms with Crippen LogP contribution in [0.4, 0.5) is 10.1 Å². The van der Waals surface area contributed by atoms with E-state index in [-0.39, 0.29) is 11.0 Å². The molecule has 144 valence electrons. The smallest absolute Gasteiger partial charge is 0.255 e. The van der Waals surface area contributed by atoms with Crippen LogP contribution in [0.25, 0.3) is 22.3 Å². The lowest BCUT2D eigenvalue weighted by Crippen LogP contribution is -2.12. The summed E-state index contributed by atoms with van der Waals surface area (Å²) in [6.45, 7) is 0. The Morgan fingerprint density at radius 1 is 1.00 bits per heavy atom. The fourth-order valence-electron chi connectivity index (χ4n) is 2.96. The summed E-state index contributed by atoms with van der Waals surface area (Å²) in [5, 5.41) is 3.08. The number of carbonyl (C=O) groups is 1. The van der Waals surface area contributed by atoms with Gasteiger partial charge in [-0.1, -0.05) is 6.07 Å². The van der Waals surface area contributed by atoms with Crippen LogP contribution in [0.5, 0.6) is 5.75 Å². The third kappa shape index (κ3) is 3.87. The normalized spacial score (nSPS) is 10.7. The standard InChI is InChI=1S/C23H16FNO4/c1-28-18-8-5-14(6-9-18)21-13-20(26)19-10-7-17(12-22(19)29-21)25-23(27)15-3-2-4-16(24)11-15/h2-13H,1H3,(H,25,27). The summed E-state index contributed by atoms with van der Waals surface area (Å²) >= 11 is 0. The number of hydrogen-bond donors (Lipinski definition) is 1. The van der Waals surface area contributed by atoms with Crippen LogP contribution < -0.4 is 15.5 Å². The minimum Gasteiger partial charge on any atom is -0.497 e. The number of benzene rings is 3. The quantitative estimate of drug-likeness (QED) is 0.541. The zero-order valence-corrected chi connectivity index (χ0v) is 15.4. The predicted octanol–water partition coefficient (Wildman–Crippen LogP) is 4.86. The maximum absolute atomic E-state index is 13.3. The number of hydrogen-bond acceptors (Lipinski definition) is 4. The Hall–Kier alpha value is -3.93. The molecule has 0 aliphatic rings. The monoisotopic (exact) mass is 389 g/mol. The molecule has 1 N–H and O–H groups in total. The minimum absolute atomic E-state index is 0.193. The van der Waals surface area contributed by atoms with E-state index >= 15 is 0 Å². The maximum Gasteiger partial charge on any atom is 0.255 e. The van der Waals surface area contributed by atoms with E-state index in [9.17, 15) is 14.0 Å². The van der Waals surface area contributed by atoms with Gasteiger partial charge in [-0.15, -0.1) is 0 Å². The topological polar surface area (TPSA) is 68.5 Å². The van der Waals surface area contributed by atoms with Gasteiger partial charge in [-0.2, -0.15) is 0 Å². The van der Waals surface area contributed by atoms with Crippen molar-refractivity contribution in [2.45, 2.75) is 0 Å². The van der Waals surface area contributed by atoms with E-state index in [4.69, 9.17) is 9.15 Å². The number of anilines is 1. The van der Waals surface area contributed by atoms with Crippen LogP contribution in [0, 0.1) is 5.82 Å². The molecule has 4 rings (SSSR count). The van der Waals surface area contributed by atoms with Crippen LogP contribution >= 0.6 is 0 Å². The Bertz CT molecular complexity index is 1260. The van der Waals surface area contributed by atoms with Crippen molar-refractivity contribution in [3.8, 4) is 17.1 Å². The Morgan fingerprint density at radius 2 is 1.79 bits per heavy atom. The summed E-state index contributed by atoms with van der Waals surface area (Å²) < 4.78 is 24.4. The third-order valence-electron chi connectivity index (χ3n) is 4.45. The van der Waals surface area contributed by atoms with Crippen molar-refractivity contribution in [1.82, 2.24) is 0 Å². The van der Waals surface area contributed by atoms with Gasteiger partial charge in [0.25, 0.3) is 5.91 Å². The van der Waals surface area contributed by atoms with Crippen molar-refractivity contribution < 1.29 is 18.3 Å². The molecule has 0 aliphatic carbocycles. The van der Waals surface area contributed by atoms with Crippen molar-refractivity contribution >= 4 is 22.6 Å². The predicted molar refractivity (Wildman–Crippen MR) is 109 cm³/mol. The highest BCUT2D eigenvalue weighted by Crippen LogP contribution is 2.26. The maximum atomic E-state index is 13.3. The molecule has 1 amide bonds. The molecule has 6 heteroatoms. The largest absolute Gasteiger partial charge is 0.497 e. The zero-order valence-electron chi connectivity index (χ0n) is 15.4. The van der Waals surface area contributed by atoms with Crippen LogP contribution in [-0.4, -0.2) is 13.0 Å². The van der Waals surface area contributed by atoms with Gasteiger partial charge in [-0.25, -0.2) is 4.39 Å². The van der Waals surface area contributed by atoms with Gasteiger partial charge >= 0.3 is 0 Å². The number of halogens is 1. The van der Waals surface area contributed by atoms with Gasteiger partial charge < -0.3 is 14.5 Å². The van der Waals surface area contributed by atoms with E-state index < -0.39 is 11.7 Å². The summed E-state index contributed by atoms with van der Waals surface area (Å²) in [7, 11) is 1.57. The molecule has 5 nitrogen and oxygen atoms in total. The van der Waals surface area contributed by atoms with Crippen LogP contribution in [-0.2, 0) is 0 Å². The van der Waals surface area contributed by atoms with E-state index in [1.54, 1.807) is 49.6 Å². The van der Waals surface area contributed by atoms with Crippen molar-refractivity contribution in [2.24, 2.45) is 0 Å². The molecule has 29 heavy (non-hydrogen) atoms. The second-order valence-corrected chi connectivity index (χ2v) is 6.38. The van der Waals surface area contributed by atoms with Gasteiger partial charge in [-0.3, -0.25) is 9.59 Å². The molecule has 0 radical (unpaired) electrons. The van der Waals surface area contributed by atoms with E-state index in [0.29, 0.717) is 28.2 Å². The number of ether oxygens (including phenoxy) is 1. The van der Waals surface area contributed by atoms with Crippen LogP contribution in [0.15, 0.2) is 82.0 Å². The molecule has 0 fully saturated rings. The molecular weight excluding hydrogens is 373 g/mol. The SMILES string of the molecule is COc1ccc(-c2cc(=O)c3ccc(NC(=O)c4cccc(F)c4)cc3o2)cc1. The van der Waals surface area contributed by atoms with Gasteiger partial charge in [-0.05, 0) is 54.6 Å². The Morgan fingerprint density at radius 3 is 2.52 bits per heavy atom. The first-order chi connectivity index (χ1) is 14.0. The molecule has 1 aromatic heterocycles. The average Bonchev–Trinajstić information content (AvgIpc) is 2.73. The summed E-state index contributed by atoms with van der Waals surface area (Å²) in [4.78, 5) is 24.8. The van der Waals surface area contributed by atoms with Crippen LogP contribution in [0.3, 0.4) is 0 Å². The van der Waals surface area contributed by atoms with E-state index in [1.165, 1.54) is 24.3 Å². The second-order valence-electron chi connectivity index (χ2n) is 6.38. The molecule has 0 bridgehead atoms.